The molecule has 4 aromatic rings. The molecule has 0 bridgehead atoms. The maximum atomic E-state index is 13.0. The number of nitrogens with one attached hydrogen (secondary N) is 1. The van der Waals surface area contributed by atoms with Crippen LogP contribution in [0.2, 0.25) is 5.02 Å². The van der Waals surface area contributed by atoms with Crippen molar-refractivity contribution >= 4 is 61.3 Å². The van der Waals surface area contributed by atoms with E-state index in [-0.39, 0.29) is 11.9 Å². The lowest BCUT2D eigenvalue weighted by Crippen LogP contribution is -2.40. The highest BCUT2D eigenvalue weighted by atomic mass is 35.5. The van der Waals surface area contributed by atoms with Crippen molar-refractivity contribution in [1.29, 1.82) is 0 Å². The summed E-state index contributed by atoms with van der Waals surface area (Å²) in [5.41, 5.74) is 1.05. The molecule has 1 N–H and O–H groups in total. The number of benzene rings is 1. The number of fused-ring (bicyclic) bond motifs is 1. The first-order chi connectivity index (χ1) is 14.7. The molecule has 1 fully saturated rings. The predicted octanol–water partition coefficient (Wildman–Crippen LogP) is 5.00. The Hall–Kier alpha value is -2.55. The Bertz CT molecular complexity index is 1210. The van der Waals surface area contributed by atoms with Gasteiger partial charge in [0.15, 0.2) is 5.13 Å². The number of carbonyl (C=O) groups is 1. The van der Waals surface area contributed by atoms with E-state index in [0.717, 1.165) is 50.9 Å². The van der Waals surface area contributed by atoms with Crippen LogP contribution in [-0.4, -0.2) is 33.4 Å². The second kappa shape index (κ2) is 8.29. The molecule has 1 aliphatic heterocycles. The minimum Gasteiger partial charge on any atom is -0.344 e. The van der Waals surface area contributed by atoms with E-state index in [9.17, 15) is 4.79 Å². The van der Waals surface area contributed by atoms with Crippen LogP contribution in [0.3, 0.4) is 0 Å². The van der Waals surface area contributed by atoms with Crippen LogP contribution in [0.1, 0.15) is 23.3 Å². The number of thiazole rings is 1. The van der Waals surface area contributed by atoms with Gasteiger partial charge in [-0.05, 0) is 35.9 Å². The number of carbonyl (C=O) groups excluding carboxylic acids is 1. The number of thiophene rings is 1. The minimum atomic E-state index is -0.265. The minimum absolute atomic E-state index is 0.0480. The fourth-order valence-corrected chi connectivity index (χ4v) is 5.53. The Balaban J connectivity index is 1.31. The molecule has 5 rings (SSSR count). The van der Waals surface area contributed by atoms with Gasteiger partial charge in [0, 0.05) is 29.1 Å². The van der Waals surface area contributed by atoms with Gasteiger partial charge in [-0.1, -0.05) is 29.8 Å². The largest absolute Gasteiger partial charge is 0.344 e. The van der Waals surface area contributed by atoms with Crippen LogP contribution in [0.5, 0.6) is 0 Å². The highest BCUT2D eigenvalue weighted by Crippen LogP contribution is 2.32. The van der Waals surface area contributed by atoms with E-state index in [2.05, 4.69) is 25.2 Å². The summed E-state index contributed by atoms with van der Waals surface area (Å²) < 4.78 is 0. The molecule has 1 aliphatic rings. The van der Waals surface area contributed by atoms with Crippen LogP contribution in [0.15, 0.2) is 48.2 Å². The van der Waals surface area contributed by atoms with E-state index in [1.54, 1.807) is 23.9 Å². The van der Waals surface area contributed by atoms with Gasteiger partial charge in [0.2, 0.25) is 5.91 Å². The lowest BCUT2D eigenvalue weighted by atomic mass is 10.1. The van der Waals surface area contributed by atoms with Crippen molar-refractivity contribution in [3.8, 4) is 0 Å². The van der Waals surface area contributed by atoms with Gasteiger partial charge >= 0.3 is 0 Å². The summed E-state index contributed by atoms with van der Waals surface area (Å²) in [6.45, 7) is 0.801. The fraction of sp³-hybridized carbons (Fsp3) is 0.238. The van der Waals surface area contributed by atoms with E-state index < -0.39 is 0 Å². The smallest absolute Gasteiger partial charge is 0.248 e. The average molecular weight is 456 g/mol. The van der Waals surface area contributed by atoms with E-state index in [0.29, 0.717) is 11.6 Å². The molecule has 3 aromatic heterocycles. The summed E-state index contributed by atoms with van der Waals surface area (Å²) in [4.78, 5) is 30.3. The third kappa shape index (κ3) is 3.78. The third-order valence-corrected chi connectivity index (χ3v) is 7.28. The second-order valence-corrected chi connectivity index (χ2v) is 9.49. The van der Waals surface area contributed by atoms with Crippen molar-refractivity contribution in [1.82, 2.24) is 15.0 Å². The van der Waals surface area contributed by atoms with Crippen LogP contribution in [0.4, 0.5) is 10.9 Å². The third-order valence-electron chi connectivity index (χ3n) is 5.17. The first kappa shape index (κ1) is 19.4. The normalized spacial score (nSPS) is 16.3. The van der Waals surface area contributed by atoms with E-state index in [4.69, 9.17) is 11.6 Å². The monoisotopic (exact) mass is 455 g/mol. The van der Waals surface area contributed by atoms with Gasteiger partial charge in [0.05, 0.1) is 5.39 Å². The number of nitrogens with zero attached hydrogens (tertiary/aromatic N) is 4. The summed E-state index contributed by atoms with van der Waals surface area (Å²) in [6, 6.07) is 9.52. The van der Waals surface area contributed by atoms with Crippen LogP contribution in [-0.2, 0) is 11.2 Å². The maximum Gasteiger partial charge on any atom is 0.248 e. The Kier molecular flexibility index (Phi) is 5.37. The number of anilines is 2. The van der Waals surface area contributed by atoms with Gasteiger partial charge in [0.25, 0.3) is 0 Å². The number of rotatable bonds is 5. The maximum absolute atomic E-state index is 13.0. The predicted molar refractivity (Wildman–Crippen MR) is 123 cm³/mol. The molecule has 4 heterocycles. The van der Waals surface area contributed by atoms with Crippen molar-refractivity contribution in [3.63, 3.8) is 0 Å². The fourth-order valence-electron chi connectivity index (χ4n) is 3.76. The summed E-state index contributed by atoms with van der Waals surface area (Å²) in [5.74, 6) is 0.783. The molecule has 1 amide bonds. The standard InChI is InChI=1S/C21H18ClN5OS2/c22-16-5-2-1-4-13(16)10-14-11-23-21(30-14)26-19(28)17-6-3-8-27(17)18-15-7-9-29-20(15)25-12-24-18/h1-2,4-5,7,9,11-12,17H,3,6,8,10H2,(H,23,26,28). The molecule has 30 heavy (non-hydrogen) atoms. The second-order valence-electron chi connectivity index (χ2n) is 7.08. The van der Waals surface area contributed by atoms with E-state index in [1.807, 2.05) is 35.7 Å². The first-order valence-corrected chi connectivity index (χ1v) is 11.7. The van der Waals surface area contributed by atoms with Crippen molar-refractivity contribution in [2.75, 3.05) is 16.8 Å². The SMILES string of the molecule is O=C(Nc1ncc(Cc2ccccc2Cl)s1)C1CCCN1c1ncnc2sccc12. The molecule has 0 spiro atoms. The quantitative estimate of drug-likeness (QED) is 0.458. The number of amides is 1. The molecule has 0 aliphatic carbocycles. The molecular formula is C21H18ClN5OS2. The molecule has 0 radical (unpaired) electrons. The zero-order valence-electron chi connectivity index (χ0n) is 15.9. The lowest BCUT2D eigenvalue weighted by Gasteiger charge is -2.24. The van der Waals surface area contributed by atoms with Crippen LogP contribution in [0, 0.1) is 0 Å². The average Bonchev–Trinajstić information content (AvgIpc) is 3.50. The summed E-state index contributed by atoms with van der Waals surface area (Å²) in [5, 5.41) is 7.35. The lowest BCUT2D eigenvalue weighted by molar-refractivity contribution is -0.117. The molecule has 1 atom stereocenters. The zero-order chi connectivity index (χ0) is 20.5. The Morgan fingerprint density at radius 2 is 2.13 bits per heavy atom. The summed E-state index contributed by atoms with van der Waals surface area (Å²) in [6.07, 6.45) is 5.81. The molecule has 9 heteroatoms. The first-order valence-electron chi connectivity index (χ1n) is 9.63. The molecule has 1 aromatic carbocycles. The molecule has 1 saturated heterocycles. The number of aromatic nitrogens is 3. The van der Waals surface area contributed by atoms with Gasteiger partial charge in [-0.25, -0.2) is 15.0 Å². The zero-order valence-corrected chi connectivity index (χ0v) is 18.3. The summed E-state index contributed by atoms with van der Waals surface area (Å²) in [7, 11) is 0. The Morgan fingerprint density at radius 3 is 3.03 bits per heavy atom. The molecule has 1 unspecified atom stereocenters. The Labute approximate surface area is 186 Å². The van der Waals surface area contributed by atoms with Crippen molar-refractivity contribution in [2.24, 2.45) is 0 Å². The van der Waals surface area contributed by atoms with Crippen LogP contribution >= 0.6 is 34.3 Å². The highest BCUT2D eigenvalue weighted by molar-refractivity contribution is 7.16. The van der Waals surface area contributed by atoms with Crippen molar-refractivity contribution in [3.05, 3.63) is 63.7 Å². The number of hydrogen-bond acceptors (Lipinski definition) is 7. The van der Waals surface area contributed by atoms with E-state index in [1.165, 1.54) is 11.3 Å². The number of halogens is 1. The van der Waals surface area contributed by atoms with Crippen molar-refractivity contribution in [2.45, 2.75) is 25.3 Å². The van der Waals surface area contributed by atoms with Crippen LogP contribution < -0.4 is 10.2 Å². The highest BCUT2D eigenvalue weighted by Gasteiger charge is 2.33. The van der Waals surface area contributed by atoms with E-state index >= 15 is 0 Å². The number of hydrogen-bond donors (Lipinski definition) is 1. The van der Waals surface area contributed by atoms with Gasteiger partial charge in [0.1, 0.15) is 23.0 Å². The van der Waals surface area contributed by atoms with Gasteiger partial charge in [-0.15, -0.1) is 22.7 Å². The molecule has 152 valence electrons. The molecular weight excluding hydrogens is 438 g/mol. The van der Waals surface area contributed by atoms with Crippen LogP contribution in [0.25, 0.3) is 10.2 Å². The molecule has 0 saturated carbocycles. The summed E-state index contributed by atoms with van der Waals surface area (Å²) >= 11 is 9.32. The molecule has 6 nitrogen and oxygen atoms in total. The Morgan fingerprint density at radius 1 is 1.23 bits per heavy atom. The van der Waals surface area contributed by atoms with Crippen molar-refractivity contribution < 1.29 is 4.79 Å². The van der Waals surface area contributed by atoms with Gasteiger partial charge in [-0.2, -0.15) is 0 Å². The van der Waals surface area contributed by atoms with Gasteiger partial charge < -0.3 is 10.2 Å². The van der Waals surface area contributed by atoms with Gasteiger partial charge in [-0.3, -0.25) is 4.79 Å². The topological polar surface area (TPSA) is 71.0 Å².